The van der Waals surface area contributed by atoms with Gasteiger partial charge in [0.25, 0.3) is 5.56 Å². The Kier molecular flexibility index (Phi) is 3.52. The third-order valence-corrected chi connectivity index (χ3v) is 4.61. The van der Waals surface area contributed by atoms with Crippen molar-refractivity contribution in [1.82, 2.24) is 19.7 Å². The monoisotopic (exact) mass is 318 g/mol. The summed E-state index contributed by atoms with van der Waals surface area (Å²) >= 11 is 1.65. The normalized spacial score (nSPS) is 11.7. The lowest BCUT2D eigenvalue weighted by atomic mass is 10.3. The van der Waals surface area contributed by atoms with Gasteiger partial charge in [-0.2, -0.15) is 5.10 Å². The Labute approximate surface area is 131 Å². The highest BCUT2D eigenvalue weighted by atomic mass is 32.1. The van der Waals surface area contributed by atoms with Crippen molar-refractivity contribution in [2.75, 3.05) is 0 Å². The fourth-order valence-electron chi connectivity index (χ4n) is 2.65. The van der Waals surface area contributed by atoms with Gasteiger partial charge in [0, 0.05) is 23.4 Å². The van der Waals surface area contributed by atoms with Crippen molar-refractivity contribution in [2.24, 2.45) is 7.05 Å². The number of aryl methyl sites for hydroxylation is 2. The molecule has 0 aliphatic carbocycles. The van der Waals surface area contributed by atoms with Gasteiger partial charge >= 0.3 is 0 Å². The number of nitrogens with zero attached hydrogens (tertiary/aromatic N) is 3. The molecule has 3 rings (SSSR count). The average Bonchev–Trinajstić information content (AvgIpc) is 2.91. The Morgan fingerprint density at radius 1 is 1.45 bits per heavy atom. The summed E-state index contributed by atoms with van der Waals surface area (Å²) in [6, 6.07) is 2.10. The van der Waals surface area contributed by atoms with Gasteiger partial charge in [0.15, 0.2) is 0 Å². The lowest BCUT2D eigenvalue weighted by molar-refractivity contribution is -0.122. The Balaban J connectivity index is 2.12. The standard InChI is InChI=1S/C15H18N4O2S/c1-8(2)17-12(20)7-19-15(21)13-10(6-16-19)14-11(18(13)4)5-9(3)22-14/h5-6,8H,7H2,1-4H3,(H,17,20). The van der Waals surface area contributed by atoms with Crippen molar-refractivity contribution in [3.05, 3.63) is 27.5 Å². The number of hydrogen-bond donors (Lipinski definition) is 1. The first-order chi connectivity index (χ1) is 10.4. The van der Waals surface area contributed by atoms with Gasteiger partial charge in [-0.25, -0.2) is 4.68 Å². The molecule has 0 saturated carbocycles. The topological polar surface area (TPSA) is 68.9 Å². The van der Waals surface area contributed by atoms with Gasteiger partial charge in [0.1, 0.15) is 12.1 Å². The van der Waals surface area contributed by atoms with E-state index < -0.39 is 0 Å². The SMILES string of the molecule is Cc1cc2c(s1)c1cnn(CC(=O)NC(C)C)c(=O)c1n2C. The minimum absolute atomic E-state index is 0.0373. The fraction of sp³-hybridized carbons (Fsp3) is 0.400. The number of thiophene rings is 1. The van der Waals surface area contributed by atoms with E-state index in [2.05, 4.69) is 16.5 Å². The summed E-state index contributed by atoms with van der Waals surface area (Å²) in [4.78, 5) is 25.7. The van der Waals surface area contributed by atoms with E-state index in [1.54, 1.807) is 17.5 Å². The van der Waals surface area contributed by atoms with Crippen LogP contribution in [-0.2, 0) is 18.4 Å². The molecule has 22 heavy (non-hydrogen) atoms. The summed E-state index contributed by atoms with van der Waals surface area (Å²) in [6.07, 6.45) is 1.68. The highest BCUT2D eigenvalue weighted by Gasteiger charge is 2.17. The second-order valence-corrected chi connectivity index (χ2v) is 6.98. The fourth-order valence-corrected chi connectivity index (χ4v) is 3.70. The zero-order valence-electron chi connectivity index (χ0n) is 13.0. The number of fused-ring (bicyclic) bond motifs is 3. The van der Waals surface area contributed by atoms with Gasteiger partial charge in [-0.05, 0) is 26.8 Å². The molecule has 0 radical (unpaired) electrons. The maximum Gasteiger partial charge on any atom is 0.291 e. The van der Waals surface area contributed by atoms with Gasteiger partial charge < -0.3 is 9.88 Å². The number of hydrogen-bond acceptors (Lipinski definition) is 4. The molecule has 3 heterocycles. The average molecular weight is 318 g/mol. The molecule has 0 bridgehead atoms. The molecular formula is C15H18N4O2S. The smallest absolute Gasteiger partial charge is 0.291 e. The minimum Gasteiger partial charge on any atom is -0.352 e. The Hall–Kier alpha value is -2.15. The maximum atomic E-state index is 12.6. The zero-order chi connectivity index (χ0) is 16.0. The molecular weight excluding hydrogens is 300 g/mol. The van der Waals surface area contributed by atoms with Crippen LogP contribution >= 0.6 is 11.3 Å². The lowest BCUT2D eigenvalue weighted by Crippen LogP contribution is -2.37. The first-order valence-electron chi connectivity index (χ1n) is 7.12. The molecule has 7 heteroatoms. The molecule has 3 aromatic rings. The number of amides is 1. The summed E-state index contributed by atoms with van der Waals surface area (Å²) in [6.45, 7) is 5.74. The molecule has 0 fully saturated rings. The van der Waals surface area contributed by atoms with Crippen molar-refractivity contribution in [3.63, 3.8) is 0 Å². The third-order valence-electron chi connectivity index (χ3n) is 3.54. The van der Waals surface area contributed by atoms with Crippen molar-refractivity contribution in [2.45, 2.75) is 33.4 Å². The summed E-state index contributed by atoms with van der Waals surface area (Å²) in [5.41, 5.74) is 1.38. The summed E-state index contributed by atoms with van der Waals surface area (Å²) in [7, 11) is 1.87. The van der Waals surface area contributed by atoms with Crippen molar-refractivity contribution in [3.8, 4) is 0 Å². The molecule has 0 atom stereocenters. The highest BCUT2D eigenvalue weighted by Crippen LogP contribution is 2.32. The zero-order valence-corrected chi connectivity index (χ0v) is 13.8. The van der Waals surface area contributed by atoms with Crippen LogP contribution in [0.25, 0.3) is 21.1 Å². The van der Waals surface area contributed by atoms with Crippen molar-refractivity contribution in [1.29, 1.82) is 0 Å². The third kappa shape index (κ3) is 2.31. The molecule has 116 valence electrons. The molecule has 1 N–H and O–H groups in total. The first-order valence-corrected chi connectivity index (χ1v) is 7.94. The van der Waals surface area contributed by atoms with E-state index in [0.717, 1.165) is 15.6 Å². The highest BCUT2D eigenvalue weighted by molar-refractivity contribution is 7.20. The Morgan fingerprint density at radius 2 is 2.18 bits per heavy atom. The summed E-state index contributed by atoms with van der Waals surface area (Å²) in [5.74, 6) is -0.212. The largest absolute Gasteiger partial charge is 0.352 e. The van der Waals surface area contributed by atoms with E-state index in [-0.39, 0.29) is 24.1 Å². The van der Waals surface area contributed by atoms with E-state index in [1.165, 1.54) is 9.56 Å². The molecule has 0 spiro atoms. The van der Waals surface area contributed by atoms with Gasteiger partial charge in [0.2, 0.25) is 5.91 Å². The van der Waals surface area contributed by atoms with Crippen LogP contribution in [0.1, 0.15) is 18.7 Å². The first kappa shape index (κ1) is 14.8. The van der Waals surface area contributed by atoms with E-state index in [9.17, 15) is 9.59 Å². The lowest BCUT2D eigenvalue weighted by Gasteiger charge is -2.09. The van der Waals surface area contributed by atoms with Crippen LogP contribution in [0, 0.1) is 6.92 Å². The van der Waals surface area contributed by atoms with Gasteiger partial charge in [-0.15, -0.1) is 11.3 Å². The second-order valence-electron chi connectivity index (χ2n) is 5.72. The number of rotatable bonds is 3. The van der Waals surface area contributed by atoms with Crippen LogP contribution in [0.4, 0.5) is 0 Å². The van der Waals surface area contributed by atoms with Crippen LogP contribution in [0.5, 0.6) is 0 Å². The molecule has 0 aliphatic rings. The van der Waals surface area contributed by atoms with Gasteiger partial charge in [0.05, 0.1) is 16.4 Å². The molecule has 6 nitrogen and oxygen atoms in total. The number of nitrogens with one attached hydrogen (secondary N) is 1. The predicted octanol–water partition coefficient (Wildman–Crippen LogP) is 1.78. The second kappa shape index (κ2) is 5.24. The maximum absolute atomic E-state index is 12.6. The number of carbonyl (C=O) groups is 1. The summed E-state index contributed by atoms with van der Waals surface area (Å²) in [5, 5.41) is 7.78. The van der Waals surface area contributed by atoms with Crippen LogP contribution in [0.2, 0.25) is 0 Å². The molecule has 0 saturated heterocycles. The van der Waals surface area contributed by atoms with E-state index in [0.29, 0.717) is 5.52 Å². The summed E-state index contributed by atoms with van der Waals surface area (Å²) < 4.78 is 4.17. The molecule has 3 aromatic heterocycles. The van der Waals surface area contributed by atoms with Crippen LogP contribution in [0.15, 0.2) is 17.1 Å². The number of aromatic nitrogens is 3. The van der Waals surface area contributed by atoms with Crippen LogP contribution in [-0.4, -0.2) is 26.3 Å². The number of carbonyl (C=O) groups excluding carboxylic acids is 1. The van der Waals surface area contributed by atoms with E-state index >= 15 is 0 Å². The molecule has 0 aromatic carbocycles. The van der Waals surface area contributed by atoms with E-state index in [4.69, 9.17) is 0 Å². The van der Waals surface area contributed by atoms with Crippen molar-refractivity contribution < 1.29 is 4.79 Å². The van der Waals surface area contributed by atoms with Crippen molar-refractivity contribution >= 4 is 38.4 Å². The quantitative estimate of drug-likeness (QED) is 0.800. The predicted molar refractivity (Wildman–Crippen MR) is 88.4 cm³/mol. The van der Waals surface area contributed by atoms with Crippen LogP contribution < -0.4 is 10.9 Å². The van der Waals surface area contributed by atoms with Crippen LogP contribution in [0.3, 0.4) is 0 Å². The molecule has 0 aliphatic heterocycles. The van der Waals surface area contributed by atoms with Gasteiger partial charge in [-0.1, -0.05) is 0 Å². The Morgan fingerprint density at radius 3 is 2.86 bits per heavy atom. The minimum atomic E-state index is -0.236. The molecule has 1 amide bonds. The van der Waals surface area contributed by atoms with Gasteiger partial charge in [-0.3, -0.25) is 9.59 Å². The van der Waals surface area contributed by atoms with E-state index in [1.807, 2.05) is 32.4 Å². The molecule has 0 unspecified atom stereocenters. The Bertz CT molecular complexity index is 932.